The number of nitrogens with zero attached hydrogens (tertiary/aromatic N) is 1. The Hall–Kier alpha value is -1.30. The van der Waals surface area contributed by atoms with E-state index in [1.807, 2.05) is 13.8 Å². The van der Waals surface area contributed by atoms with Crippen molar-refractivity contribution in [2.75, 3.05) is 11.9 Å². The summed E-state index contributed by atoms with van der Waals surface area (Å²) in [6.07, 6.45) is 0.659. The lowest BCUT2D eigenvalue weighted by Gasteiger charge is -2.23. The van der Waals surface area contributed by atoms with Crippen LogP contribution in [0.4, 0.5) is 10.1 Å². The Morgan fingerprint density at radius 3 is 2.83 bits per heavy atom. The summed E-state index contributed by atoms with van der Waals surface area (Å²) in [6, 6.07) is 4.45. The van der Waals surface area contributed by atoms with E-state index in [2.05, 4.69) is 26.4 Å². The lowest BCUT2D eigenvalue weighted by atomic mass is 9.88. The molecule has 1 aromatic carbocycles. The summed E-state index contributed by atoms with van der Waals surface area (Å²) in [5.41, 5.74) is 5.86. The zero-order chi connectivity index (χ0) is 13.8. The van der Waals surface area contributed by atoms with Crippen LogP contribution in [0, 0.1) is 11.2 Å². The Balaban J connectivity index is 2.59. The van der Waals surface area contributed by atoms with Crippen LogP contribution in [0.1, 0.15) is 20.3 Å². The van der Waals surface area contributed by atoms with Crippen molar-refractivity contribution >= 4 is 27.5 Å². The van der Waals surface area contributed by atoms with Crippen LogP contribution in [0.25, 0.3) is 0 Å². The molecule has 0 saturated heterocycles. The molecule has 0 saturated carbocycles. The fourth-order valence-electron chi connectivity index (χ4n) is 1.41. The molecule has 0 amide bonds. The molecule has 0 aromatic heterocycles. The molecule has 0 unspecified atom stereocenters. The number of anilines is 1. The lowest BCUT2D eigenvalue weighted by molar-refractivity contribution is 0.306. The molecule has 6 heteroatoms. The van der Waals surface area contributed by atoms with Crippen LogP contribution in [-0.4, -0.2) is 17.6 Å². The molecule has 0 atom stereocenters. The second kappa shape index (κ2) is 6.04. The molecule has 0 aliphatic heterocycles. The van der Waals surface area contributed by atoms with Crippen molar-refractivity contribution < 1.29 is 9.60 Å². The molecule has 0 fully saturated rings. The van der Waals surface area contributed by atoms with Gasteiger partial charge in [-0.15, -0.1) is 0 Å². The molecule has 0 spiro atoms. The van der Waals surface area contributed by atoms with Crippen LogP contribution in [0.2, 0.25) is 0 Å². The SMILES string of the molecule is CC(C)(CCNc1cc(F)ccc1Br)/C(N)=N/O. The highest BCUT2D eigenvalue weighted by Gasteiger charge is 2.23. The highest BCUT2D eigenvalue weighted by Crippen LogP contribution is 2.25. The van der Waals surface area contributed by atoms with Gasteiger partial charge < -0.3 is 16.3 Å². The third-order valence-corrected chi connectivity index (χ3v) is 3.49. The Kier molecular flexibility index (Phi) is 4.95. The van der Waals surface area contributed by atoms with Gasteiger partial charge in [0.05, 0.1) is 5.69 Å². The average molecular weight is 318 g/mol. The predicted octanol–water partition coefficient (Wildman–Crippen LogP) is 3.16. The van der Waals surface area contributed by atoms with E-state index in [0.717, 1.165) is 4.47 Å². The molecule has 0 radical (unpaired) electrons. The first-order valence-electron chi connectivity index (χ1n) is 5.54. The van der Waals surface area contributed by atoms with Crippen molar-refractivity contribution in [3.05, 3.63) is 28.5 Å². The van der Waals surface area contributed by atoms with Crippen molar-refractivity contribution in [2.24, 2.45) is 16.3 Å². The molecule has 1 aromatic rings. The highest BCUT2D eigenvalue weighted by molar-refractivity contribution is 9.10. The summed E-state index contributed by atoms with van der Waals surface area (Å²) in [5.74, 6) is -0.112. The van der Waals surface area contributed by atoms with Gasteiger partial charge in [0, 0.05) is 16.4 Å². The van der Waals surface area contributed by atoms with Crippen molar-refractivity contribution in [3.63, 3.8) is 0 Å². The van der Waals surface area contributed by atoms with Crippen molar-refractivity contribution in [3.8, 4) is 0 Å². The molecule has 0 aliphatic rings. The lowest BCUT2D eigenvalue weighted by Crippen LogP contribution is -2.33. The maximum Gasteiger partial charge on any atom is 0.144 e. The van der Waals surface area contributed by atoms with E-state index in [1.165, 1.54) is 12.1 Å². The number of nitrogens with one attached hydrogen (secondary N) is 1. The number of hydrogen-bond acceptors (Lipinski definition) is 3. The van der Waals surface area contributed by atoms with Gasteiger partial charge in [-0.2, -0.15) is 0 Å². The maximum atomic E-state index is 13.1. The number of nitrogens with two attached hydrogens (primary N) is 1. The fraction of sp³-hybridized carbons (Fsp3) is 0.417. The van der Waals surface area contributed by atoms with Crippen LogP contribution in [0.3, 0.4) is 0 Å². The van der Waals surface area contributed by atoms with E-state index in [-0.39, 0.29) is 11.7 Å². The molecular weight excluding hydrogens is 301 g/mol. The van der Waals surface area contributed by atoms with E-state index >= 15 is 0 Å². The second-order valence-electron chi connectivity index (χ2n) is 4.67. The van der Waals surface area contributed by atoms with E-state index < -0.39 is 5.41 Å². The first kappa shape index (κ1) is 14.8. The largest absolute Gasteiger partial charge is 0.409 e. The van der Waals surface area contributed by atoms with Gasteiger partial charge in [0.2, 0.25) is 0 Å². The Bertz CT molecular complexity index is 449. The monoisotopic (exact) mass is 317 g/mol. The van der Waals surface area contributed by atoms with Crippen molar-refractivity contribution in [1.82, 2.24) is 0 Å². The van der Waals surface area contributed by atoms with Crippen LogP contribution >= 0.6 is 15.9 Å². The topological polar surface area (TPSA) is 70.6 Å². The third kappa shape index (κ3) is 3.87. The summed E-state index contributed by atoms with van der Waals surface area (Å²) in [4.78, 5) is 0. The summed E-state index contributed by atoms with van der Waals surface area (Å²) in [7, 11) is 0. The standard InChI is InChI=1S/C12H17BrFN3O/c1-12(2,11(15)17-18)5-6-16-10-7-8(14)3-4-9(10)13/h3-4,7,16,18H,5-6H2,1-2H3,(H2,15,17). The molecule has 0 aliphatic carbocycles. The zero-order valence-electron chi connectivity index (χ0n) is 10.4. The number of hydrogen-bond donors (Lipinski definition) is 3. The molecule has 0 heterocycles. The Morgan fingerprint density at radius 1 is 1.56 bits per heavy atom. The minimum atomic E-state index is -0.415. The summed E-state index contributed by atoms with van der Waals surface area (Å²) in [5, 5.41) is 14.8. The quantitative estimate of drug-likeness (QED) is 0.338. The van der Waals surface area contributed by atoms with Crippen LogP contribution in [0.5, 0.6) is 0 Å². The smallest absolute Gasteiger partial charge is 0.144 e. The minimum Gasteiger partial charge on any atom is -0.409 e. The van der Waals surface area contributed by atoms with Gasteiger partial charge >= 0.3 is 0 Å². The van der Waals surface area contributed by atoms with Crippen molar-refractivity contribution in [2.45, 2.75) is 20.3 Å². The van der Waals surface area contributed by atoms with Crippen LogP contribution in [0.15, 0.2) is 27.8 Å². The highest BCUT2D eigenvalue weighted by atomic mass is 79.9. The average Bonchev–Trinajstić information content (AvgIpc) is 2.32. The molecule has 4 N–H and O–H groups in total. The number of rotatable bonds is 5. The van der Waals surface area contributed by atoms with Gasteiger partial charge in [-0.1, -0.05) is 19.0 Å². The minimum absolute atomic E-state index is 0.183. The van der Waals surface area contributed by atoms with Gasteiger partial charge in [-0.3, -0.25) is 0 Å². The number of oxime groups is 1. The zero-order valence-corrected chi connectivity index (χ0v) is 12.0. The Labute approximate surface area is 114 Å². The van der Waals surface area contributed by atoms with E-state index in [4.69, 9.17) is 10.9 Å². The van der Waals surface area contributed by atoms with E-state index in [0.29, 0.717) is 18.7 Å². The summed E-state index contributed by atoms with van der Waals surface area (Å²) in [6.45, 7) is 4.35. The number of benzene rings is 1. The first-order valence-corrected chi connectivity index (χ1v) is 6.33. The van der Waals surface area contributed by atoms with Crippen LogP contribution < -0.4 is 11.1 Å². The van der Waals surface area contributed by atoms with E-state index in [9.17, 15) is 4.39 Å². The fourth-order valence-corrected chi connectivity index (χ4v) is 1.79. The molecule has 100 valence electrons. The van der Waals surface area contributed by atoms with Gasteiger partial charge in [0.15, 0.2) is 0 Å². The normalized spacial score (nSPS) is 12.6. The Morgan fingerprint density at radius 2 is 2.22 bits per heavy atom. The third-order valence-electron chi connectivity index (χ3n) is 2.79. The first-order chi connectivity index (χ1) is 8.36. The number of amidine groups is 1. The van der Waals surface area contributed by atoms with Crippen LogP contribution in [-0.2, 0) is 0 Å². The van der Waals surface area contributed by atoms with Crippen molar-refractivity contribution in [1.29, 1.82) is 0 Å². The van der Waals surface area contributed by atoms with Gasteiger partial charge in [-0.25, -0.2) is 4.39 Å². The number of halogens is 2. The predicted molar refractivity (Wildman–Crippen MR) is 74.4 cm³/mol. The summed E-state index contributed by atoms with van der Waals surface area (Å²) < 4.78 is 13.9. The van der Waals surface area contributed by atoms with E-state index in [1.54, 1.807) is 6.07 Å². The molecule has 18 heavy (non-hydrogen) atoms. The second-order valence-corrected chi connectivity index (χ2v) is 5.52. The summed E-state index contributed by atoms with van der Waals surface area (Å²) >= 11 is 3.34. The van der Waals surface area contributed by atoms with Gasteiger partial charge in [0.1, 0.15) is 11.7 Å². The molecular formula is C12H17BrFN3O. The van der Waals surface area contributed by atoms with Gasteiger partial charge in [-0.05, 0) is 40.5 Å². The molecule has 1 rings (SSSR count). The maximum absolute atomic E-state index is 13.1. The molecule has 4 nitrogen and oxygen atoms in total. The molecule has 0 bridgehead atoms. The van der Waals surface area contributed by atoms with Gasteiger partial charge in [0.25, 0.3) is 0 Å².